The van der Waals surface area contributed by atoms with Crippen molar-refractivity contribution < 1.29 is 13.5 Å². The van der Waals surface area contributed by atoms with Crippen molar-refractivity contribution in [3.05, 3.63) is 65.2 Å². The van der Waals surface area contributed by atoms with E-state index in [1.807, 2.05) is 24.3 Å². The highest BCUT2D eigenvalue weighted by Crippen LogP contribution is 2.63. The van der Waals surface area contributed by atoms with Crippen LogP contribution in [0.5, 0.6) is 0 Å². The van der Waals surface area contributed by atoms with Gasteiger partial charge in [-0.25, -0.2) is 13.6 Å². The lowest BCUT2D eigenvalue weighted by atomic mass is 9.96. The number of benzene rings is 2. The Hall–Kier alpha value is -1.95. The third-order valence-corrected chi connectivity index (χ3v) is 6.37. The fourth-order valence-electron chi connectivity index (χ4n) is 3.77. The summed E-state index contributed by atoms with van der Waals surface area (Å²) in [4.78, 5) is 0.143. The number of hydrogen-bond donors (Lipinski definition) is 2. The van der Waals surface area contributed by atoms with Crippen molar-refractivity contribution in [3.8, 4) is 0 Å². The van der Waals surface area contributed by atoms with Crippen LogP contribution in [0.4, 0.5) is 0 Å². The molecule has 0 atom stereocenters. The molecule has 25 heavy (non-hydrogen) atoms. The van der Waals surface area contributed by atoms with E-state index in [0.29, 0.717) is 5.41 Å². The summed E-state index contributed by atoms with van der Waals surface area (Å²) in [6, 6.07) is 15.0. The molecule has 2 aliphatic carbocycles. The summed E-state index contributed by atoms with van der Waals surface area (Å²) in [7, 11) is -3.67. The fourth-order valence-corrected chi connectivity index (χ4v) is 4.28. The monoisotopic (exact) mass is 355 g/mol. The first-order valence-electron chi connectivity index (χ1n) is 8.46. The van der Waals surface area contributed by atoms with Crippen molar-refractivity contribution in [2.75, 3.05) is 0 Å². The topological polar surface area (TPSA) is 80.4 Å². The smallest absolute Gasteiger partial charge is 0.238 e. The van der Waals surface area contributed by atoms with Gasteiger partial charge in [-0.3, -0.25) is 0 Å². The van der Waals surface area contributed by atoms with Crippen molar-refractivity contribution in [1.82, 2.24) is 0 Å². The molecule has 2 aliphatic rings. The average molecular weight is 355 g/mol. The maximum atomic E-state index is 11.5. The third-order valence-electron chi connectivity index (χ3n) is 5.44. The number of nitrogens with two attached hydrogens (primary N) is 1. The number of aliphatic hydroxyl groups is 1. The Kier molecular flexibility index (Phi) is 3.83. The molecule has 4 rings (SSSR count). The second-order valence-electron chi connectivity index (χ2n) is 7.24. The molecule has 0 radical (unpaired) electrons. The molecule has 0 aromatic heterocycles. The summed E-state index contributed by atoms with van der Waals surface area (Å²) in [6.07, 6.45) is 4.62. The zero-order valence-electron chi connectivity index (χ0n) is 13.9. The van der Waals surface area contributed by atoms with Crippen LogP contribution in [0.25, 0.3) is 11.1 Å². The predicted molar refractivity (Wildman–Crippen MR) is 97.9 cm³/mol. The van der Waals surface area contributed by atoms with Crippen LogP contribution in [-0.4, -0.2) is 13.5 Å². The maximum Gasteiger partial charge on any atom is 0.238 e. The normalized spacial score (nSPS) is 18.8. The Morgan fingerprint density at radius 3 is 1.76 bits per heavy atom. The quantitative estimate of drug-likeness (QED) is 0.883. The van der Waals surface area contributed by atoms with Crippen molar-refractivity contribution in [2.24, 2.45) is 10.6 Å². The van der Waals surface area contributed by atoms with E-state index in [9.17, 15) is 13.5 Å². The lowest BCUT2D eigenvalue weighted by molar-refractivity contribution is 0.282. The molecule has 0 saturated heterocycles. The summed E-state index contributed by atoms with van der Waals surface area (Å²) < 4.78 is 22.9. The van der Waals surface area contributed by atoms with E-state index in [2.05, 4.69) is 12.1 Å². The Morgan fingerprint density at radius 1 is 0.880 bits per heavy atom. The van der Waals surface area contributed by atoms with Crippen LogP contribution in [0.15, 0.2) is 53.4 Å². The lowest BCUT2D eigenvalue weighted by Crippen LogP contribution is -2.11. The highest BCUT2D eigenvalue weighted by atomic mass is 32.2. The highest BCUT2D eigenvalue weighted by molar-refractivity contribution is 7.89. The highest BCUT2D eigenvalue weighted by Gasteiger charge is 2.48. The van der Waals surface area contributed by atoms with E-state index in [4.69, 9.17) is 5.14 Å². The van der Waals surface area contributed by atoms with Crippen LogP contribution >= 0.6 is 0 Å². The summed E-state index contributed by atoms with van der Waals surface area (Å²) in [5, 5.41) is 14.4. The van der Waals surface area contributed by atoms with Gasteiger partial charge in [0.2, 0.25) is 10.0 Å². The summed E-state index contributed by atoms with van der Waals surface area (Å²) in [5.41, 5.74) is 6.20. The third kappa shape index (κ3) is 3.15. The molecule has 2 aromatic rings. The Morgan fingerprint density at radius 2 is 1.36 bits per heavy atom. The van der Waals surface area contributed by atoms with Crippen LogP contribution in [0.3, 0.4) is 0 Å². The van der Waals surface area contributed by atoms with Crippen molar-refractivity contribution in [2.45, 2.75) is 37.2 Å². The van der Waals surface area contributed by atoms with Gasteiger partial charge < -0.3 is 5.11 Å². The molecule has 4 nitrogen and oxygen atoms in total. The average Bonchev–Trinajstić information content (AvgIpc) is 3.25. The van der Waals surface area contributed by atoms with Crippen LogP contribution < -0.4 is 5.14 Å². The molecule has 0 bridgehead atoms. The van der Waals surface area contributed by atoms with Gasteiger partial charge in [0.1, 0.15) is 0 Å². The second-order valence-corrected chi connectivity index (χ2v) is 8.80. The van der Waals surface area contributed by atoms with Crippen LogP contribution in [-0.2, 0) is 16.6 Å². The maximum absolute atomic E-state index is 11.5. The molecule has 2 aromatic carbocycles. The first kappa shape index (κ1) is 16.5. The second kappa shape index (κ2) is 5.80. The van der Waals surface area contributed by atoms with Crippen molar-refractivity contribution in [3.63, 3.8) is 0 Å². The van der Waals surface area contributed by atoms with E-state index < -0.39 is 10.0 Å². The first-order chi connectivity index (χ1) is 11.9. The van der Waals surface area contributed by atoms with Gasteiger partial charge in [0, 0.05) is 0 Å². The van der Waals surface area contributed by atoms with E-state index >= 15 is 0 Å². The Bertz CT molecular complexity index is 937. The standard InChI is InChI=1S/C20H21NO3S/c21-25(23,24)17-7-5-16(6-8-17)19-12-20(9-10-20)11-18(19)15-3-1-14(13-22)2-4-15/h1-8,22H,9-13H2,(H2,21,23,24). The molecule has 0 unspecified atom stereocenters. The van der Waals surface area contributed by atoms with Gasteiger partial charge in [0.25, 0.3) is 0 Å². The Labute approximate surface area is 148 Å². The van der Waals surface area contributed by atoms with Gasteiger partial charge in [-0.1, -0.05) is 36.4 Å². The number of rotatable bonds is 4. The minimum atomic E-state index is -3.67. The van der Waals surface area contributed by atoms with Crippen LogP contribution in [0, 0.1) is 5.41 Å². The molecule has 0 aliphatic heterocycles. The molecule has 0 amide bonds. The van der Waals surface area contributed by atoms with E-state index in [0.717, 1.165) is 24.0 Å². The minimum absolute atomic E-state index is 0.0468. The number of allylic oxidation sites excluding steroid dienone is 2. The fraction of sp³-hybridized carbons (Fsp3) is 0.300. The van der Waals surface area contributed by atoms with Crippen LogP contribution in [0.2, 0.25) is 0 Å². The molecular weight excluding hydrogens is 334 g/mol. The molecular formula is C20H21NO3S. The number of aliphatic hydroxyl groups excluding tert-OH is 1. The van der Waals surface area contributed by atoms with Gasteiger partial charge in [-0.05, 0) is 71.1 Å². The molecule has 1 spiro atoms. The van der Waals surface area contributed by atoms with Gasteiger partial charge >= 0.3 is 0 Å². The number of primary sulfonamides is 1. The van der Waals surface area contributed by atoms with Gasteiger partial charge in [-0.15, -0.1) is 0 Å². The molecule has 1 fully saturated rings. The molecule has 5 heteroatoms. The van der Waals surface area contributed by atoms with Crippen molar-refractivity contribution in [1.29, 1.82) is 0 Å². The Balaban J connectivity index is 1.75. The van der Waals surface area contributed by atoms with Gasteiger partial charge in [-0.2, -0.15) is 0 Å². The molecule has 130 valence electrons. The molecule has 0 heterocycles. The van der Waals surface area contributed by atoms with Crippen LogP contribution in [0.1, 0.15) is 42.4 Å². The van der Waals surface area contributed by atoms with Gasteiger partial charge in [0.05, 0.1) is 11.5 Å². The largest absolute Gasteiger partial charge is 0.392 e. The predicted octanol–water partition coefficient (Wildman–Crippen LogP) is 3.31. The molecule has 1 saturated carbocycles. The van der Waals surface area contributed by atoms with Gasteiger partial charge in [0.15, 0.2) is 0 Å². The van der Waals surface area contributed by atoms with E-state index in [1.54, 1.807) is 12.1 Å². The zero-order valence-corrected chi connectivity index (χ0v) is 14.7. The summed E-state index contributed by atoms with van der Waals surface area (Å²) in [6.45, 7) is 0.0468. The number of sulfonamides is 1. The van der Waals surface area contributed by atoms with E-state index in [-0.39, 0.29) is 11.5 Å². The summed E-state index contributed by atoms with van der Waals surface area (Å²) >= 11 is 0. The lowest BCUT2D eigenvalue weighted by Gasteiger charge is -2.10. The first-order valence-corrected chi connectivity index (χ1v) is 10.0. The zero-order chi connectivity index (χ0) is 17.7. The minimum Gasteiger partial charge on any atom is -0.392 e. The summed E-state index contributed by atoms with van der Waals surface area (Å²) in [5.74, 6) is 0. The molecule has 3 N–H and O–H groups in total. The SMILES string of the molecule is NS(=O)(=O)c1ccc(C2=C(c3ccc(CO)cc3)CC3(CC3)C2)cc1. The van der Waals surface area contributed by atoms with E-state index in [1.165, 1.54) is 29.6 Å². The number of hydrogen-bond acceptors (Lipinski definition) is 3. The van der Waals surface area contributed by atoms with Crippen molar-refractivity contribution >= 4 is 21.2 Å².